The van der Waals surface area contributed by atoms with E-state index in [0.717, 1.165) is 0 Å². The van der Waals surface area contributed by atoms with E-state index in [9.17, 15) is 4.79 Å². The Morgan fingerprint density at radius 3 is 2.50 bits per heavy atom. The Morgan fingerprint density at radius 1 is 1.60 bits per heavy atom. The summed E-state index contributed by atoms with van der Waals surface area (Å²) in [5, 5.41) is 0. The summed E-state index contributed by atoms with van der Waals surface area (Å²) in [6.45, 7) is 6.60. The highest BCUT2D eigenvalue weighted by molar-refractivity contribution is 5.93. The number of ketones is 1. The zero-order valence-electron chi connectivity index (χ0n) is 6.29. The maximum atomic E-state index is 10.6. The minimum Gasteiger partial charge on any atom is -0.293 e. The number of hydrogen-bond acceptors (Lipinski definition) is 2. The third-order valence-corrected chi connectivity index (χ3v) is 0.978. The van der Waals surface area contributed by atoms with Gasteiger partial charge >= 0.3 is 0 Å². The van der Waals surface area contributed by atoms with Crippen LogP contribution in [0.25, 0.3) is 0 Å². The summed E-state index contributed by atoms with van der Waals surface area (Å²) in [5.74, 6) is -0.0619. The Labute approximate surface area is 61.0 Å². The zero-order valence-corrected chi connectivity index (χ0v) is 6.29. The Balaban J connectivity index is 4.33. The molecule has 0 heterocycles. The molecule has 54 valence electrons. The summed E-state index contributed by atoms with van der Waals surface area (Å²) in [5.41, 5.74) is 0.401. The van der Waals surface area contributed by atoms with E-state index in [4.69, 9.17) is 0 Å². The van der Waals surface area contributed by atoms with Crippen molar-refractivity contribution in [3.05, 3.63) is 23.9 Å². The highest BCUT2D eigenvalue weighted by Crippen LogP contribution is 1.96. The van der Waals surface area contributed by atoms with Crippen molar-refractivity contribution in [3.63, 3.8) is 0 Å². The van der Waals surface area contributed by atoms with Crippen LogP contribution < -0.4 is 0 Å². The van der Waals surface area contributed by atoms with Crippen LogP contribution in [0.4, 0.5) is 0 Å². The largest absolute Gasteiger partial charge is 0.293 e. The Bertz CT molecular complexity index is 189. The first-order valence-electron chi connectivity index (χ1n) is 3.03. The van der Waals surface area contributed by atoms with Crippen molar-refractivity contribution in [1.29, 1.82) is 0 Å². The van der Waals surface area contributed by atoms with Gasteiger partial charge in [0.2, 0.25) is 0 Å². The molecule has 0 spiro atoms. The van der Waals surface area contributed by atoms with E-state index < -0.39 is 0 Å². The van der Waals surface area contributed by atoms with Gasteiger partial charge < -0.3 is 0 Å². The second kappa shape index (κ2) is 4.68. The maximum absolute atomic E-state index is 10.6. The fourth-order valence-corrected chi connectivity index (χ4v) is 0.469. The molecule has 0 saturated heterocycles. The highest BCUT2D eigenvalue weighted by atomic mass is 16.1. The fourth-order valence-electron chi connectivity index (χ4n) is 0.469. The number of carbonyl (C=O) groups excluding carboxylic acids is 1. The van der Waals surface area contributed by atoms with Crippen molar-refractivity contribution in [2.75, 3.05) is 0 Å². The second-order valence-corrected chi connectivity index (χ2v) is 1.79. The molecule has 10 heavy (non-hydrogen) atoms. The molecular formula is C8H11NO. The zero-order chi connectivity index (χ0) is 7.98. The molecule has 0 N–H and O–H groups in total. The second-order valence-electron chi connectivity index (χ2n) is 1.79. The molecule has 2 heteroatoms. The molecule has 0 bridgehead atoms. The van der Waals surface area contributed by atoms with Crippen molar-refractivity contribution >= 4 is 12.5 Å². The SMILES string of the molecule is C=N/C(=C\C=C/C)C(C)=O. The molecule has 0 unspecified atom stereocenters. The summed E-state index contributed by atoms with van der Waals surface area (Å²) in [4.78, 5) is 14.2. The minimum atomic E-state index is -0.0619. The number of rotatable bonds is 3. The number of allylic oxidation sites excluding steroid dienone is 4. The number of carbonyl (C=O) groups is 1. The highest BCUT2D eigenvalue weighted by Gasteiger charge is 1.95. The molecule has 0 atom stereocenters. The van der Waals surface area contributed by atoms with Crippen LogP contribution in [-0.4, -0.2) is 12.5 Å². The van der Waals surface area contributed by atoms with Crippen molar-refractivity contribution in [2.24, 2.45) is 4.99 Å². The van der Waals surface area contributed by atoms with Gasteiger partial charge in [0, 0.05) is 6.92 Å². The summed E-state index contributed by atoms with van der Waals surface area (Å²) in [6, 6.07) is 0. The number of nitrogens with zero attached hydrogens (tertiary/aromatic N) is 1. The Kier molecular flexibility index (Phi) is 4.12. The summed E-state index contributed by atoms with van der Waals surface area (Å²) in [7, 11) is 0. The average Bonchev–Trinajstić information content (AvgIpc) is 1.89. The molecule has 0 rings (SSSR count). The van der Waals surface area contributed by atoms with Gasteiger partial charge in [0.05, 0.1) is 0 Å². The standard InChI is InChI=1S/C8H11NO/c1-4-5-6-8(9-3)7(2)10/h4-6H,3H2,1-2H3/b5-4-,8-6-. The lowest BCUT2D eigenvalue weighted by Crippen LogP contribution is -1.91. The van der Waals surface area contributed by atoms with Gasteiger partial charge in [-0.2, -0.15) is 0 Å². The van der Waals surface area contributed by atoms with Crippen LogP contribution in [0.3, 0.4) is 0 Å². The number of hydrogen-bond donors (Lipinski definition) is 0. The third kappa shape index (κ3) is 2.97. The Morgan fingerprint density at radius 2 is 2.20 bits per heavy atom. The van der Waals surface area contributed by atoms with Crippen LogP contribution in [0.5, 0.6) is 0 Å². The van der Waals surface area contributed by atoms with Gasteiger partial charge in [-0.05, 0) is 19.7 Å². The number of Topliss-reactive ketones (excluding diaryl/α,β-unsaturated/α-hetero) is 1. The van der Waals surface area contributed by atoms with Crippen molar-refractivity contribution < 1.29 is 4.79 Å². The normalized spacial score (nSPS) is 12.0. The lowest BCUT2D eigenvalue weighted by molar-refractivity contribution is -0.113. The van der Waals surface area contributed by atoms with E-state index in [0.29, 0.717) is 5.70 Å². The minimum absolute atomic E-state index is 0.0619. The van der Waals surface area contributed by atoms with Crippen LogP contribution in [-0.2, 0) is 4.79 Å². The van der Waals surface area contributed by atoms with Crippen LogP contribution in [0.15, 0.2) is 28.9 Å². The lowest BCUT2D eigenvalue weighted by atomic mass is 10.3. The molecule has 0 aromatic carbocycles. The van der Waals surface area contributed by atoms with Gasteiger partial charge in [-0.25, -0.2) is 0 Å². The molecule has 0 amide bonds. The fraction of sp³-hybridized carbons (Fsp3) is 0.250. The van der Waals surface area contributed by atoms with Crippen LogP contribution in [0.2, 0.25) is 0 Å². The first-order valence-corrected chi connectivity index (χ1v) is 3.03. The van der Waals surface area contributed by atoms with Crippen molar-refractivity contribution in [3.8, 4) is 0 Å². The lowest BCUT2D eigenvalue weighted by Gasteiger charge is -1.88. The molecule has 0 saturated carbocycles. The molecule has 0 aliphatic rings. The molecule has 0 aromatic heterocycles. The van der Waals surface area contributed by atoms with Gasteiger partial charge in [0.25, 0.3) is 0 Å². The van der Waals surface area contributed by atoms with Crippen LogP contribution >= 0.6 is 0 Å². The summed E-state index contributed by atoms with van der Waals surface area (Å²) >= 11 is 0. The Hall–Kier alpha value is -1.18. The van der Waals surface area contributed by atoms with Crippen LogP contribution in [0, 0.1) is 0 Å². The van der Waals surface area contributed by atoms with E-state index >= 15 is 0 Å². The molecule has 0 aromatic rings. The molecule has 0 aliphatic carbocycles. The van der Waals surface area contributed by atoms with Gasteiger partial charge in [-0.1, -0.05) is 12.2 Å². The smallest absolute Gasteiger partial charge is 0.178 e. The number of aliphatic imine (C=N–C) groups is 1. The summed E-state index contributed by atoms with van der Waals surface area (Å²) in [6.07, 6.45) is 5.22. The van der Waals surface area contributed by atoms with Crippen molar-refractivity contribution in [2.45, 2.75) is 13.8 Å². The first-order chi connectivity index (χ1) is 4.72. The molecule has 0 aliphatic heterocycles. The predicted molar refractivity (Wildman–Crippen MR) is 43.1 cm³/mol. The van der Waals surface area contributed by atoms with E-state index in [-0.39, 0.29) is 5.78 Å². The van der Waals surface area contributed by atoms with E-state index in [1.165, 1.54) is 6.92 Å². The third-order valence-electron chi connectivity index (χ3n) is 0.978. The van der Waals surface area contributed by atoms with E-state index in [1.54, 1.807) is 12.2 Å². The van der Waals surface area contributed by atoms with E-state index in [1.807, 2.05) is 13.0 Å². The van der Waals surface area contributed by atoms with Gasteiger partial charge in [-0.3, -0.25) is 9.79 Å². The van der Waals surface area contributed by atoms with E-state index in [2.05, 4.69) is 11.7 Å². The van der Waals surface area contributed by atoms with Gasteiger partial charge in [0.15, 0.2) is 5.78 Å². The average molecular weight is 137 g/mol. The van der Waals surface area contributed by atoms with Crippen LogP contribution in [0.1, 0.15) is 13.8 Å². The monoisotopic (exact) mass is 137 g/mol. The van der Waals surface area contributed by atoms with Gasteiger partial charge in [0.1, 0.15) is 5.70 Å². The molecule has 2 nitrogen and oxygen atoms in total. The quantitative estimate of drug-likeness (QED) is 0.331. The molecular weight excluding hydrogens is 126 g/mol. The topological polar surface area (TPSA) is 29.4 Å². The molecule has 0 fully saturated rings. The summed E-state index contributed by atoms with van der Waals surface area (Å²) < 4.78 is 0. The predicted octanol–water partition coefficient (Wildman–Crippen LogP) is 1.74. The van der Waals surface area contributed by atoms with Gasteiger partial charge in [-0.15, -0.1) is 0 Å². The molecule has 0 radical (unpaired) electrons. The maximum Gasteiger partial charge on any atom is 0.178 e. The van der Waals surface area contributed by atoms with Crippen molar-refractivity contribution in [1.82, 2.24) is 0 Å². The first kappa shape index (κ1) is 8.82.